The summed E-state index contributed by atoms with van der Waals surface area (Å²) in [5.41, 5.74) is 3.31. The summed E-state index contributed by atoms with van der Waals surface area (Å²) in [5.74, 6) is 2.04. The van der Waals surface area contributed by atoms with Crippen LogP contribution in [-0.2, 0) is 11.8 Å². The van der Waals surface area contributed by atoms with Gasteiger partial charge in [0.2, 0.25) is 0 Å². The predicted molar refractivity (Wildman–Crippen MR) is 90.2 cm³/mol. The molecule has 0 amide bonds. The minimum atomic E-state index is 0.325. The summed E-state index contributed by atoms with van der Waals surface area (Å²) in [7, 11) is 0. The molecule has 118 valence electrons. The third kappa shape index (κ3) is 2.11. The van der Waals surface area contributed by atoms with E-state index in [1.165, 1.54) is 62.7 Å². The molecular formula is C20H27NO. The molecule has 4 rings (SSSR count). The van der Waals surface area contributed by atoms with Crippen molar-refractivity contribution < 1.29 is 5.11 Å². The molecule has 1 aromatic rings. The molecule has 2 fully saturated rings. The zero-order valence-electron chi connectivity index (χ0n) is 13.4. The van der Waals surface area contributed by atoms with Gasteiger partial charge in [0.05, 0.1) is 0 Å². The fourth-order valence-corrected chi connectivity index (χ4v) is 5.68. The quantitative estimate of drug-likeness (QED) is 0.837. The molecule has 0 unspecified atom stereocenters. The number of nitrogens with zero attached hydrogens (tertiary/aromatic N) is 1. The summed E-state index contributed by atoms with van der Waals surface area (Å²) in [4.78, 5) is 2.60. The van der Waals surface area contributed by atoms with Gasteiger partial charge >= 0.3 is 0 Å². The van der Waals surface area contributed by atoms with E-state index in [-0.39, 0.29) is 0 Å². The lowest BCUT2D eigenvalue weighted by Gasteiger charge is -2.51. The predicted octanol–water partition coefficient (Wildman–Crippen LogP) is 3.88. The summed E-state index contributed by atoms with van der Waals surface area (Å²) in [5, 5.41) is 10.1. The van der Waals surface area contributed by atoms with Crippen LogP contribution in [0, 0.1) is 11.8 Å². The summed E-state index contributed by atoms with van der Waals surface area (Å²) in [6, 6.07) is 6.16. The third-order valence-corrected chi connectivity index (χ3v) is 6.53. The topological polar surface area (TPSA) is 23.5 Å². The third-order valence-electron chi connectivity index (χ3n) is 6.53. The number of aromatic hydroxyl groups is 1. The molecule has 1 saturated heterocycles. The Labute approximate surface area is 133 Å². The number of hydrogen-bond acceptors (Lipinski definition) is 2. The van der Waals surface area contributed by atoms with E-state index in [0.717, 1.165) is 18.4 Å². The van der Waals surface area contributed by atoms with Crippen molar-refractivity contribution in [2.45, 2.75) is 43.9 Å². The van der Waals surface area contributed by atoms with Crippen molar-refractivity contribution in [3.05, 3.63) is 42.0 Å². The molecule has 0 aromatic heterocycles. The highest BCUT2D eigenvalue weighted by molar-refractivity contribution is 5.44. The Hall–Kier alpha value is -1.28. The maximum absolute atomic E-state index is 10.1. The average molecular weight is 297 g/mol. The Morgan fingerprint density at radius 3 is 3.09 bits per heavy atom. The Bertz CT molecular complexity index is 581. The van der Waals surface area contributed by atoms with Gasteiger partial charge in [-0.1, -0.05) is 25.0 Å². The maximum Gasteiger partial charge on any atom is 0.115 e. The van der Waals surface area contributed by atoms with Crippen LogP contribution in [0.5, 0.6) is 5.75 Å². The highest BCUT2D eigenvalue weighted by atomic mass is 16.3. The Morgan fingerprint density at radius 1 is 1.32 bits per heavy atom. The minimum absolute atomic E-state index is 0.325. The first-order valence-electron chi connectivity index (χ1n) is 8.88. The van der Waals surface area contributed by atoms with Crippen molar-refractivity contribution in [2.24, 2.45) is 11.8 Å². The van der Waals surface area contributed by atoms with Gasteiger partial charge < -0.3 is 5.11 Å². The summed E-state index contributed by atoms with van der Waals surface area (Å²) < 4.78 is 0. The molecule has 3 aliphatic rings. The summed E-state index contributed by atoms with van der Waals surface area (Å²) in [6.07, 6.45) is 9.91. The smallest absolute Gasteiger partial charge is 0.115 e. The van der Waals surface area contributed by atoms with Gasteiger partial charge in [-0.15, -0.1) is 6.58 Å². The standard InChI is InChI=1S/C20H27NO/c1-2-10-21-11-9-20-8-4-3-5-18(20)16(14-21)12-15-6-7-17(22)13-19(15)20/h2,6-7,13,16,18,22H,1,3-5,8-12,14H2/t16-,18+,20+/m0/s1. The summed E-state index contributed by atoms with van der Waals surface area (Å²) >= 11 is 0. The van der Waals surface area contributed by atoms with Gasteiger partial charge in [-0.25, -0.2) is 0 Å². The number of phenols is 1. The second-order valence-electron chi connectivity index (χ2n) is 7.61. The van der Waals surface area contributed by atoms with Crippen LogP contribution in [0.1, 0.15) is 43.2 Å². The lowest BCUT2D eigenvalue weighted by atomic mass is 9.53. The fraction of sp³-hybridized carbons (Fsp3) is 0.600. The van der Waals surface area contributed by atoms with Crippen molar-refractivity contribution >= 4 is 0 Å². The first kappa shape index (κ1) is 14.3. The molecule has 22 heavy (non-hydrogen) atoms. The lowest BCUT2D eigenvalue weighted by Crippen LogP contribution is -2.46. The van der Waals surface area contributed by atoms with Crippen molar-refractivity contribution in [2.75, 3.05) is 19.6 Å². The number of fused-ring (bicyclic) bond motifs is 1. The van der Waals surface area contributed by atoms with E-state index in [2.05, 4.69) is 29.7 Å². The van der Waals surface area contributed by atoms with Crippen molar-refractivity contribution in [3.63, 3.8) is 0 Å². The lowest BCUT2D eigenvalue weighted by molar-refractivity contribution is 0.109. The minimum Gasteiger partial charge on any atom is -0.508 e. The molecule has 1 saturated carbocycles. The number of phenolic OH excluding ortho intramolecular Hbond substituents is 1. The number of hydrogen-bond donors (Lipinski definition) is 1. The molecule has 2 aliphatic carbocycles. The van der Waals surface area contributed by atoms with Crippen molar-refractivity contribution in [3.8, 4) is 5.75 Å². The van der Waals surface area contributed by atoms with Crippen LogP contribution in [0.2, 0.25) is 0 Å². The van der Waals surface area contributed by atoms with Crippen LogP contribution in [0.15, 0.2) is 30.9 Å². The largest absolute Gasteiger partial charge is 0.508 e. The first-order chi connectivity index (χ1) is 10.7. The molecule has 2 heteroatoms. The molecule has 3 atom stereocenters. The fourth-order valence-electron chi connectivity index (χ4n) is 5.68. The Morgan fingerprint density at radius 2 is 2.23 bits per heavy atom. The van der Waals surface area contributed by atoms with E-state index in [0.29, 0.717) is 11.2 Å². The average Bonchev–Trinajstić information content (AvgIpc) is 2.65. The second-order valence-corrected chi connectivity index (χ2v) is 7.61. The van der Waals surface area contributed by atoms with Crippen LogP contribution in [-0.4, -0.2) is 29.6 Å². The Balaban J connectivity index is 1.81. The zero-order chi connectivity index (χ0) is 15.2. The van der Waals surface area contributed by atoms with Crippen LogP contribution >= 0.6 is 0 Å². The van der Waals surface area contributed by atoms with Gasteiger partial charge in [-0.3, -0.25) is 4.90 Å². The molecule has 1 N–H and O–H groups in total. The zero-order valence-corrected chi connectivity index (χ0v) is 13.4. The van der Waals surface area contributed by atoms with Gasteiger partial charge in [-0.05, 0) is 67.3 Å². The maximum atomic E-state index is 10.1. The van der Waals surface area contributed by atoms with E-state index in [1.807, 2.05) is 6.07 Å². The number of likely N-dealkylation sites (tertiary alicyclic amines) is 1. The molecule has 2 nitrogen and oxygen atoms in total. The van der Waals surface area contributed by atoms with E-state index in [1.54, 1.807) is 0 Å². The van der Waals surface area contributed by atoms with Gasteiger partial charge in [0.1, 0.15) is 5.75 Å². The first-order valence-corrected chi connectivity index (χ1v) is 8.88. The van der Waals surface area contributed by atoms with E-state index in [9.17, 15) is 5.11 Å². The highest BCUT2D eigenvalue weighted by Gasteiger charge is 2.51. The monoisotopic (exact) mass is 297 g/mol. The van der Waals surface area contributed by atoms with Gasteiger partial charge in [0.25, 0.3) is 0 Å². The normalized spacial score (nSPS) is 34.4. The number of benzene rings is 1. The van der Waals surface area contributed by atoms with Gasteiger partial charge in [0.15, 0.2) is 0 Å². The molecule has 0 spiro atoms. The molecule has 0 radical (unpaired) electrons. The van der Waals surface area contributed by atoms with Gasteiger partial charge in [0, 0.05) is 18.5 Å². The van der Waals surface area contributed by atoms with Crippen LogP contribution in [0.25, 0.3) is 0 Å². The van der Waals surface area contributed by atoms with Gasteiger partial charge in [-0.2, -0.15) is 0 Å². The SMILES string of the molecule is C=CCN1CC[C@]23CCCC[C@@H]2[C@@H](Cc2ccc(O)cc23)C1. The molecular weight excluding hydrogens is 270 g/mol. The van der Waals surface area contributed by atoms with Crippen molar-refractivity contribution in [1.29, 1.82) is 0 Å². The summed E-state index contributed by atoms with van der Waals surface area (Å²) in [6.45, 7) is 7.35. The van der Waals surface area contributed by atoms with Crippen LogP contribution in [0.4, 0.5) is 0 Å². The Kier molecular flexibility index (Phi) is 3.53. The van der Waals surface area contributed by atoms with E-state index < -0.39 is 0 Å². The highest BCUT2D eigenvalue weighted by Crippen LogP contribution is 2.56. The molecule has 1 heterocycles. The molecule has 2 bridgehead atoms. The van der Waals surface area contributed by atoms with E-state index >= 15 is 0 Å². The van der Waals surface area contributed by atoms with Crippen LogP contribution in [0.3, 0.4) is 0 Å². The number of rotatable bonds is 2. The second kappa shape index (κ2) is 5.42. The van der Waals surface area contributed by atoms with E-state index in [4.69, 9.17) is 0 Å². The van der Waals surface area contributed by atoms with Crippen LogP contribution < -0.4 is 0 Å². The van der Waals surface area contributed by atoms with Crippen molar-refractivity contribution in [1.82, 2.24) is 4.90 Å². The molecule has 1 aromatic carbocycles. The molecule has 1 aliphatic heterocycles.